The van der Waals surface area contributed by atoms with Crippen LogP contribution in [0.1, 0.15) is 0 Å². The minimum atomic E-state index is -1.45. The molecule has 8 nitrogen and oxygen atoms in total. The Morgan fingerprint density at radius 1 is 0.966 bits per heavy atom. The van der Waals surface area contributed by atoms with Gasteiger partial charge in [-0.3, -0.25) is 0 Å². The third-order valence-electron chi connectivity index (χ3n) is 5.05. The molecule has 0 radical (unpaired) electrons. The molecule has 1 aromatic heterocycles. The quantitative estimate of drug-likeness (QED) is 0.405. The first kappa shape index (κ1) is 19.6. The number of rotatable bonds is 4. The predicted octanol–water partition coefficient (Wildman–Crippen LogP) is 0.672. The molecule has 3 aromatic rings. The van der Waals surface area contributed by atoms with Crippen molar-refractivity contribution in [3.05, 3.63) is 65.0 Å². The number of aliphatic hydroxyl groups excluding tert-OH is 4. The smallest absolute Gasteiger partial charge is 0.344 e. The highest BCUT2D eigenvalue weighted by Crippen LogP contribution is 2.26. The van der Waals surface area contributed by atoms with E-state index in [-0.39, 0.29) is 0 Å². The van der Waals surface area contributed by atoms with Gasteiger partial charge in [0.25, 0.3) is 0 Å². The summed E-state index contributed by atoms with van der Waals surface area (Å²) in [4.78, 5) is 12.4. The minimum absolute atomic E-state index is 0.328. The van der Waals surface area contributed by atoms with Crippen LogP contribution in [-0.4, -0.2) is 57.7 Å². The summed E-state index contributed by atoms with van der Waals surface area (Å²) in [6, 6.07) is 14.9. The van der Waals surface area contributed by atoms with Gasteiger partial charge in [0.1, 0.15) is 29.9 Å². The number of anilines is 1. The third kappa shape index (κ3) is 3.76. The zero-order chi connectivity index (χ0) is 20.5. The fourth-order valence-electron chi connectivity index (χ4n) is 3.47. The maximum absolute atomic E-state index is 12.4. The highest BCUT2D eigenvalue weighted by atomic mass is 16.6. The van der Waals surface area contributed by atoms with Gasteiger partial charge in [-0.05, 0) is 23.8 Å². The zero-order valence-corrected chi connectivity index (χ0v) is 15.3. The van der Waals surface area contributed by atoms with Crippen molar-refractivity contribution in [3.8, 4) is 11.1 Å². The lowest BCUT2D eigenvalue weighted by molar-refractivity contribution is -0.245. The molecule has 0 spiro atoms. The number of nitrogens with one attached hydrogen (secondary N) is 1. The van der Waals surface area contributed by atoms with Gasteiger partial charge in [0.15, 0.2) is 6.29 Å². The fourth-order valence-corrected chi connectivity index (χ4v) is 3.47. The van der Waals surface area contributed by atoms with Crippen LogP contribution in [0, 0.1) is 0 Å². The second-order valence-electron chi connectivity index (χ2n) is 6.97. The highest BCUT2D eigenvalue weighted by Gasteiger charge is 2.43. The van der Waals surface area contributed by atoms with Gasteiger partial charge in [-0.1, -0.05) is 30.3 Å². The van der Waals surface area contributed by atoms with Crippen molar-refractivity contribution in [1.82, 2.24) is 0 Å². The van der Waals surface area contributed by atoms with Crippen LogP contribution in [0.15, 0.2) is 63.8 Å². The standard InChI is InChI=1S/C21H21NO7/c23-10-16-18(24)19(25)17(21(27)29-16)22-13-7-6-12-8-14(11-4-2-1-3-5-11)20(26)28-15(12)9-13/h1-9,16-19,21-25,27H,10H2/t16?,17?,18-,19-,21-/m0/s1. The van der Waals surface area contributed by atoms with Crippen molar-refractivity contribution in [2.45, 2.75) is 30.6 Å². The lowest BCUT2D eigenvalue weighted by Gasteiger charge is -2.40. The normalized spacial score (nSPS) is 27.1. The molecule has 1 fully saturated rings. The van der Waals surface area contributed by atoms with Crippen LogP contribution in [0.25, 0.3) is 22.1 Å². The molecular weight excluding hydrogens is 378 g/mol. The van der Waals surface area contributed by atoms with Gasteiger partial charge in [0.2, 0.25) is 0 Å². The molecule has 1 saturated heterocycles. The molecule has 5 N–H and O–H groups in total. The van der Waals surface area contributed by atoms with E-state index >= 15 is 0 Å². The summed E-state index contributed by atoms with van der Waals surface area (Å²) in [6.07, 6.45) is -5.27. The van der Waals surface area contributed by atoms with Crippen molar-refractivity contribution in [2.75, 3.05) is 11.9 Å². The van der Waals surface area contributed by atoms with Crippen molar-refractivity contribution in [3.63, 3.8) is 0 Å². The number of aliphatic hydroxyl groups is 4. The fraction of sp³-hybridized carbons (Fsp3) is 0.286. The molecule has 0 amide bonds. The van der Waals surface area contributed by atoms with Crippen molar-refractivity contribution in [2.24, 2.45) is 0 Å². The Hall–Kier alpha value is -2.75. The Morgan fingerprint density at radius 3 is 2.45 bits per heavy atom. The Kier molecular flexibility index (Phi) is 5.35. The van der Waals surface area contributed by atoms with E-state index < -0.39 is 42.9 Å². The van der Waals surface area contributed by atoms with Gasteiger partial charge in [-0.2, -0.15) is 0 Å². The van der Waals surface area contributed by atoms with E-state index in [0.29, 0.717) is 22.2 Å². The summed E-state index contributed by atoms with van der Waals surface area (Å²) in [6.45, 7) is -0.535. The van der Waals surface area contributed by atoms with Crippen molar-refractivity contribution < 1.29 is 29.6 Å². The van der Waals surface area contributed by atoms with Gasteiger partial charge in [0.05, 0.1) is 12.2 Å². The highest BCUT2D eigenvalue weighted by molar-refractivity contribution is 5.84. The predicted molar refractivity (Wildman–Crippen MR) is 105 cm³/mol. The molecule has 2 unspecified atom stereocenters. The lowest BCUT2D eigenvalue weighted by Crippen LogP contribution is -2.61. The molecule has 8 heteroatoms. The number of benzene rings is 2. The van der Waals surface area contributed by atoms with E-state index in [9.17, 15) is 20.1 Å². The molecule has 1 aliphatic heterocycles. The molecule has 0 saturated carbocycles. The van der Waals surface area contributed by atoms with Crippen LogP contribution in [0.3, 0.4) is 0 Å². The Morgan fingerprint density at radius 2 is 1.72 bits per heavy atom. The molecule has 0 aliphatic carbocycles. The summed E-state index contributed by atoms with van der Waals surface area (Å²) in [5, 5.41) is 43.1. The van der Waals surface area contributed by atoms with E-state index in [4.69, 9.17) is 14.3 Å². The topological polar surface area (TPSA) is 132 Å². The van der Waals surface area contributed by atoms with Gasteiger partial charge in [-0.15, -0.1) is 0 Å². The SMILES string of the molecule is O=c1oc2cc(NC3[C@@H](O)OC(CO)[C@H](O)[C@H]3O)ccc2cc1-c1ccccc1. The largest absolute Gasteiger partial charge is 0.422 e. The Balaban J connectivity index is 1.62. The Labute approximate surface area is 165 Å². The molecule has 2 aromatic carbocycles. The number of hydrogen-bond acceptors (Lipinski definition) is 8. The maximum Gasteiger partial charge on any atom is 0.344 e. The van der Waals surface area contributed by atoms with Gasteiger partial charge < -0.3 is 34.9 Å². The van der Waals surface area contributed by atoms with Gasteiger partial charge >= 0.3 is 5.63 Å². The van der Waals surface area contributed by atoms with E-state index in [1.54, 1.807) is 24.3 Å². The summed E-state index contributed by atoms with van der Waals surface area (Å²) < 4.78 is 10.6. The van der Waals surface area contributed by atoms with E-state index in [0.717, 1.165) is 5.56 Å². The van der Waals surface area contributed by atoms with Gasteiger partial charge in [0, 0.05) is 17.1 Å². The molecular formula is C21H21NO7. The lowest BCUT2D eigenvalue weighted by atomic mass is 9.97. The molecule has 1 aliphatic rings. The van der Waals surface area contributed by atoms with Crippen LogP contribution in [0.4, 0.5) is 5.69 Å². The molecule has 5 atom stereocenters. The maximum atomic E-state index is 12.4. The van der Waals surface area contributed by atoms with Crippen LogP contribution >= 0.6 is 0 Å². The molecule has 2 heterocycles. The molecule has 0 bridgehead atoms. The van der Waals surface area contributed by atoms with E-state index in [1.165, 1.54) is 0 Å². The minimum Gasteiger partial charge on any atom is -0.422 e. The molecule has 4 rings (SSSR count). The van der Waals surface area contributed by atoms with Crippen LogP contribution in [0.2, 0.25) is 0 Å². The zero-order valence-electron chi connectivity index (χ0n) is 15.3. The third-order valence-corrected chi connectivity index (χ3v) is 5.05. The average Bonchev–Trinajstić information content (AvgIpc) is 2.73. The first-order valence-electron chi connectivity index (χ1n) is 9.18. The molecule has 29 heavy (non-hydrogen) atoms. The van der Waals surface area contributed by atoms with Crippen LogP contribution < -0.4 is 10.9 Å². The Bertz CT molecular complexity index is 1050. The number of hydrogen-bond donors (Lipinski definition) is 5. The van der Waals surface area contributed by atoms with Crippen molar-refractivity contribution in [1.29, 1.82) is 0 Å². The van der Waals surface area contributed by atoms with Crippen LogP contribution in [0.5, 0.6) is 0 Å². The number of ether oxygens (including phenoxy) is 1. The summed E-state index contributed by atoms with van der Waals surface area (Å²) in [5.74, 6) is 0. The first-order chi connectivity index (χ1) is 14.0. The second kappa shape index (κ2) is 7.94. The van der Waals surface area contributed by atoms with E-state index in [1.807, 2.05) is 30.3 Å². The second-order valence-corrected chi connectivity index (χ2v) is 6.97. The summed E-state index contributed by atoms with van der Waals surface area (Å²) in [7, 11) is 0. The molecule has 152 valence electrons. The monoisotopic (exact) mass is 399 g/mol. The van der Waals surface area contributed by atoms with Crippen LogP contribution in [-0.2, 0) is 4.74 Å². The first-order valence-corrected chi connectivity index (χ1v) is 9.18. The number of fused-ring (bicyclic) bond motifs is 1. The summed E-state index contributed by atoms with van der Waals surface area (Å²) in [5.41, 5.74) is 1.50. The van der Waals surface area contributed by atoms with E-state index in [2.05, 4.69) is 5.32 Å². The van der Waals surface area contributed by atoms with Crippen molar-refractivity contribution >= 4 is 16.7 Å². The summed E-state index contributed by atoms with van der Waals surface area (Å²) >= 11 is 0. The average molecular weight is 399 g/mol. The van der Waals surface area contributed by atoms with Gasteiger partial charge in [-0.25, -0.2) is 4.79 Å².